The first kappa shape index (κ1) is 22.9. The van der Waals surface area contributed by atoms with Crippen LogP contribution in [0.25, 0.3) is 0 Å². The molecule has 2 aromatic heterocycles. The number of para-hydroxylation sites is 1. The van der Waals surface area contributed by atoms with Crippen LogP contribution in [0.4, 0.5) is 11.5 Å². The van der Waals surface area contributed by atoms with E-state index in [1.54, 1.807) is 23.1 Å². The zero-order valence-electron chi connectivity index (χ0n) is 18.4. The molecule has 34 heavy (non-hydrogen) atoms. The van der Waals surface area contributed by atoms with Crippen molar-refractivity contribution in [2.45, 2.75) is 6.04 Å². The molecule has 1 N–H and O–H groups in total. The lowest BCUT2D eigenvalue weighted by Crippen LogP contribution is -2.57. The smallest absolute Gasteiger partial charge is 0.363 e. The molecule has 1 aromatic carbocycles. The normalized spacial score (nSPS) is 15.6. The molecule has 1 unspecified atom stereocenters. The fourth-order valence-electron chi connectivity index (χ4n) is 3.73. The molecule has 1 aliphatic heterocycles. The van der Waals surface area contributed by atoms with E-state index in [0.29, 0.717) is 42.6 Å². The second-order valence-electron chi connectivity index (χ2n) is 7.55. The van der Waals surface area contributed by atoms with Crippen molar-refractivity contribution >= 4 is 17.4 Å². The molecule has 0 spiro atoms. The Hall–Kier alpha value is -4.25. The van der Waals surface area contributed by atoms with Gasteiger partial charge >= 0.3 is 5.82 Å². The van der Waals surface area contributed by atoms with Gasteiger partial charge in [-0.15, -0.1) is 0 Å². The molecule has 0 radical (unpaired) electrons. The quantitative estimate of drug-likeness (QED) is 0.413. The van der Waals surface area contributed by atoms with Gasteiger partial charge < -0.3 is 34.5 Å². The number of pyridine rings is 2. The van der Waals surface area contributed by atoms with Crippen LogP contribution in [0.2, 0.25) is 0 Å². The van der Waals surface area contributed by atoms with Crippen LogP contribution in [0.1, 0.15) is 10.5 Å². The van der Waals surface area contributed by atoms with Gasteiger partial charge in [0.05, 0.1) is 31.6 Å². The van der Waals surface area contributed by atoms with Crippen molar-refractivity contribution in [1.82, 2.24) is 14.9 Å². The van der Waals surface area contributed by atoms with E-state index in [0.717, 1.165) is 0 Å². The highest BCUT2D eigenvalue weighted by Gasteiger charge is 2.32. The molecule has 1 saturated heterocycles. The highest BCUT2D eigenvalue weighted by molar-refractivity contribution is 5.93. The van der Waals surface area contributed by atoms with Crippen LogP contribution in [-0.4, -0.2) is 70.2 Å². The first-order valence-electron chi connectivity index (χ1n) is 10.5. The standard InChI is InChI=1S/C23H23N5O6/c1-33-20-11-19(24-13-21(20)34-18-5-3-2-4-6-18)23(30)27-10-9-26(14-17(27)15-29)16-7-8-22(25-12-16)28(31)32/h2-8,11-13,17,29H,9-10,14-15H2,1H3. The highest BCUT2D eigenvalue weighted by Crippen LogP contribution is 2.31. The third-order valence-electron chi connectivity index (χ3n) is 5.48. The van der Waals surface area contributed by atoms with E-state index in [1.165, 1.54) is 31.6 Å². The number of amides is 1. The molecule has 3 aromatic rings. The molecule has 11 heteroatoms. The van der Waals surface area contributed by atoms with Gasteiger partial charge in [-0.2, -0.15) is 0 Å². The molecule has 176 valence electrons. The molecular weight excluding hydrogens is 442 g/mol. The molecule has 0 bridgehead atoms. The Labute approximate surface area is 195 Å². The highest BCUT2D eigenvalue weighted by atomic mass is 16.6. The topological polar surface area (TPSA) is 131 Å². The number of ether oxygens (including phenoxy) is 2. The van der Waals surface area contributed by atoms with Gasteiger partial charge in [-0.3, -0.25) is 4.79 Å². The summed E-state index contributed by atoms with van der Waals surface area (Å²) in [6.45, 7) is 0.879. The monoisotopic (exact) mass is 465 g/mol. The van der Waals surface area contributed by atoms with Crippen molar-refractivity contribution in [1.29, 1.82) is 0 Å². The Morgan fingerprint density at radius 2 is 1.94 bits per heavy atom. The summed E-state index contributed by atoms with van der Waals surface area (Å²) in [7, 11) is 1.48. The maximum absolute atomic E-state index is 13.2. The maximum Gasteiger partial charge on any atom is 0.363 e. The Morgan fingerprint density at radius 1 is 1.15 bits per heavy atom. The largest absolute Gasteiger partial charge is 0.493 e. The number of hydrogen-bond acceptors (Lipinski definition) is 9. The van der Waals surface area contributed by atoms with Crippen molar-refractivity contribution in [2.75, 3.05) is 38.3 Å². The molecule has 3 heterocycles. The lowest BCUT2D eigenvalue weighted by molar-refractivity contribution is -0.389. The number of aromatic nitrogens is 2. The Bertz CT molecular complexity index is 1160. The second-order valence-corrected chi connectivity index (χ2v) is 7.55. The number of anilines is 1. The van der Waals surface area contributed by atoms with Gasteiger partial charge in [-0.25, -0.2) is 4.98 Å². The van der Waals surface area contributed by atoms with Crippen LogP contribution in [0.5, 0.6) is 17.2 Å². The third kappa shape index (κ3) is 4.89. The van der Waals surface area contributed by atoms with Gasteiger partial charge in [0.1, 0.15) is 11.4 Å². The minimum absolute atomic E-state index is 0.168. The van der Waals surface area contributed by atoms with E-state index >= 15 is 0 Å². The number of aliphatic hydroxyl groups is 1. The molecule has 0 aliphatic carbocycles. The van der Waals surface area contributed by atoms with Crippen LogP contribution in [0, 0.1) is 10.1 Å². The zero-order chi connectivity index (χ0) is 24.1. The average molecular weight is 465 g/mol. The lowest BCUT2D eigenvalue weighted by atomic mass is 10.1. The summed E-state index contributed by atoms with van der Waals surface area (Å²) in [5.74, 6) is 0.762. The van der Waals surface area contributed by atoms with Crippen LogP contribution in [0.15, 0.2) is 60.9 Å². The minimum atomic E-state index is -0.561. The van der Waals surface area contributed by atoms with Crippen molar-refractivity contribution in [3.63, 3.8) is 0 Å². The first-order chi connectivity index (χ1) is 16.5. The van der Waals surface area contributed by atoms with Crippen LogP contribution in [0.3, 0.4) is 0 Å². The van der Waals surface area contributed by atoms with Crippen LogP contribution < -0.4 is 14.4 Å². The molecular formula is C23H23N5O6. The number of aliphatic hydroxyl groups excluding tert-OH is 1. The average Bonchev–Trinajstić information content (AvgIpc) is 2.88. The molecule has 1 atom stereocenters. The van der Waals surface area contributed by atoms with E-state index in [4.69, 9.17) is 9.47 Å². The molecule has 1 aliphatic rings. The summed E-state index contributed by atoms with van der Waals surface area (Å²) in [5.41, 5.74) is 0.847. The van der Waals surface area contributed by atoms with Crippen LogP contribution in [-0.2, 0) is 0 Å². The minimum Gasteiger partial charge on any atom is -0.493 e. The molecule has 11 nitrogen and oxygen atoms in total. The number of carbonyl (C=O) groups excluding carboxylic acids is 1. The van der Waals surface area contributed by atoms with Crippen molar-refractivity contribution in [3.05, 3.63) is 76.7 Å². The zero-order valence-corrected chi connectivity index (χ0v) is 18.4. The van der Waals surface area contributed by atoms with E-state index in [-0.39, 0.29) is 24.0 Å². The number of hydrogen-bond donors (Lipinski definition) is 1. The van der Waals surface area contributed by atoms with E-state index in [2.05, 4.69) is 9.97 Å². The van der Waals surface area contributed by atoms with Gasteiger partial charge in [-0.1, -0.05) is 18.2 Å². The first-order valence-corrected chi connectivity index (χ1v) is 10.5. The number of benzene rings is 1. The third-order valence-corrected chi connectivity index (χ3v) is 5.48. The molecule has 1 fully saturated rings. The van der Waals surface area contributed by atoms with Crippen molar-refractivity contribution in [2.24, 2.45) is 0 Å². The number of rotatable bonds is 7. The van der Waals surface area contributed by atoms with E-state index in [9.17, 15) is 20.0 Å². The maximum atomic E-state index is 13.2. The summed E-state index contributed by atoms with van der Waals surface area (Å²) in [6, 6.07) is 13.1. The Balaban J connectivity index is 1.48. The molecule has 4 rings (SSSR count). The summed E-state index contributed by atoms with van der Waals surface area (Å²) in [4.78, 5) is 35.1. The Morgan fingerprint density at radius 3 is 2.59 bits per heavy atom. The Kier molecular flexibility index (Phi) is 6.83. The number of piperazine rings is 1. The van der Waals surface area contributed by atoms with Gasteiger partial charge in [-0.05, 0) is 28.1 Å². The number of methoxy groups -OCH3 is 1. The van der Waals surface area contributed by atoms with Crippen LogP contribution >= 0.6 is 0 Å². The van der Waals surface area contributed by atoms with Gasteiger partial charge in [0.2, 0.25) is 0 Å². The second kappa shape index (κ2) is 10.1. The van der Waals surface area contributed by atoms with Gasteiger partial charge in [0.25, 0.3) is 5.91 Å². The summed E-state index contributed by atoms with van der Waals surface area (Å²) >= 11 is 0. The summed E-state index contributed by atoms with van der Waals surface area (Å²) < 4.78 is 11.2. The lowest BCUT2D eigenvalue weighted by Gasteiger charge is -2.41. The fourth-order valence-corrected chi connectivity index (χ4v) is 3.73. The van der Waals surface area contributed by atoms with Crippen molar-refractivity contribution < 1.29 is 24.3 Å². The van der Waals surface area contributed by atoms with Gasteiger partial charge in [0, 0.05) is 31.8 Å². The summed E-state index contributed by atoms with van der Waals surface area (Å²) in [6.07, 6.45) is 2.85. The fraction of sp³-hybridized carbons (Fsp3) is 0.261. The molecule has 0 saturated carbocycles. The predicted octanol–water partition coefficient (Wildman–Crippen LogP) is 2.51. The number of nitrogens with zero attached hydrogens (tertiary/aromatic N) is 5. The molecule has 1 amide bonds. The van der Waals surface area contributed by atoms with Gasteiger partial charge in [0.15, 0.2) is 17.7 Å². The number of carbonyl (C=O) groups is 1. The number of nitro groups is 1. The van der Waals surface area contributed by atoms with Crippen molar-refractivity contribution in [3.8, 4) is 17.2 Å². The SMILES string of the molecule is COc1cc(C(=O)N2CCN(c3ccc([N+](=O)[O-])nc3)CC2CO)ncc1Oc1ccccc1. The summed E-state index contributed by atoms with van der Waals surface area (Å²) in [5, 5.41) is 20.8. The predicted molar refractivity (Wildman–Crippen MR) is 122 cm³/mol. The van der Waals surface area contributed by atoms with E-state index in [1.807, 2.05) is 23.1 Å². The van der Waals surface area contributed by atoms with E-state index < -0.39 is 11.0 Å².